The first-order valence-electron chi connectivity index (χ1n) is 13.4. The van der Waals surface area contributed by atoms with Gasteiger partial charge in [-0.2, -0.15) is 0 Å². The summed E-state index contributed by atoms with van der Waals surface area (Å²) >= 11 is 0. The SMILES string of the molecule is CC(C)(C)c1cc(C=NC2CCCCC2N=Cc2cccc(C(C)(C)C)c2O)c(O)c(C(C)(C)C)c1. The molecule has 0 bridgehead atoms. The van der Waals surface area contributed by atoms with E-state index in [2.05, 4.69) is 74.4 Å². The Morgan fingerprint density at radius 2 is 1.17 bits per heavy atom. The lowest BCUT2D eigenvalue weighted by atomic mass is 9.79. The number of phenols is 2. The molecule has 2 unspecified atom stereocenters. The third kappa shape index (κ3) is 6.57. The molecule has 4 heteroatoms. The Morgan fingerprint density at radius 3 is 1.67 bits per heavy atom. The third-order valence-electron chi connectivity index (χ3n) is 7.19. The van der Waals surface area contributed by atoms with E-state index >= 15 is 0 Å². The summed E-state index contributed by atoms with van der Waals surface area (Å²) in [6.45, 7) is 19.3. The second kappa shape index (κ2) is 10.4. The maximum Gasteiger partial charge on any atom is 0.128 e. The van der Waals surface area contributed by atoms with Crippen LogP contribution in [-0.2, 0) is 16.2 Å². The van der Waals surface area contributed by atoms with Gasteiger partial charge in [0, 0.05) is 29.1 Å². The van der Waals surface area contributed by atoms with Crippen molar-refractivity contribution in [3.63, 3.8) is 0 Å². The maximum absolute atomic E-state index is 11.1. The van der Waals surface area contributed by atoms with Crippen molar-refractivity contribution in [1.82, 2.24) is 0 Å². The summed E-state index contributed by atoms with van der Waals surface area (Å²) in [5.41, 5.74) is 4.25. The summed E-state index contributed by atoms with van der Waals surface area (Å²) in [7, 11) is 0. The smallest absolute Gasteiger partial charge is 0.128 e. The molecule has 2 N–H and O–H groups in total. The van der Waals surface area contributed by atoms with E-state index in [4.69, 9.17) is 9.98 Å². The molecule has 1 aliphatic carbocycles. The Bertz CT molecular complexity index is 1120. The molecule has 1 saturated carbocycles. The van der Waals surface area contributed by atoms with E-state index in [0.717, 1.165) is 47.9 Å². The van der Waals surface area contributed by atoms with Crippen LogP contribution in [-0.4, -0.2) is 34.7 Å². The van der Waals surface area contributed by atoms with Gasteiger partial charge in [-0.25, -0.2) is 0 Å². The summed E-state index contributed by atoms with van der Waals surface area (Å²) in [5, 5.41) is 22.0. The van der Waals surface area contributed by atoms with Crippen molar-refractivity contribution in [3.8, 4) is 11.5 Å². The Balaban J connectivity index is 1.92. The minimum Gasteiger partial charge on any atom is -0.507 e. The zero-order valence-electron chi connectivity index (χ0n) is 23.8. The van der Waals surface area contributed by atoms with Crippen LogP contribution in [0.5, 0.6) is 11.5 Å². The normalized spacial score (nSPS) is 19.9. The molecule has 2 aromatic carbocycles. The van der Waals surface area contributed by atoms with Crippen molar-refractivity contribution >= 4 is 12.4 Å². The van der Waals surface area contributed by atoms with Crippen molar-refractivity contribution in [2.45, 2.75) is 116 Å². The second-order valence-corrected chi connectivity index (χ2v) is 13.4. The van der Waals surface area contributed by atoms with E-state index in [1.165, 1.54) is 5.56 Å². The van der Waals surface area contributed by atoms with Crippen LogP contribution in [0.15, 0.2) is 40.3 Å². The van der Waals surface area contributed by atoms with Crippen LogP contribution in [0.3, 0.4) is 0 Å². The van der Waals surface area contributed by atoms with Crippen molar-refractivity contribution in [2.75, 3.05) is 0 Å². The Kier molecular flexibility index (Phi) is 8.07. The van der Waals surface area contributed by atoms with Gasteiger partial charge >= 0.3 is 0 Å². The highest BCUT2D eigenvalue weighted by Gasteiger charge is 2.26. The number of aromatic hydroxyl groups is 2. The monoisotopic (exact) mass is 490 g/mol. The molecule has 0 aliphatic heterocycles. The van der Waals surface area contributed by atoms with Crippen LogP contribution < -0.4 is 0 Å². The average molecular weight is 491 g/mol. The van der Waals surface area contributed by atoms with Gasteiger partial charge in [-0.3, -0.25) is 9.98 Å². The van der Waals surface area contributed by atoms with Crippen molar-refractivity contribution in [3.05, 3.63) is 58.1 Å². The van der Waals surface area contributed by atoms with Gasteiger partial charge in [0.15, 0.2) is 0 Å². The molecule has 2 atom stereocenters. The lowest BCUT2D eigenvalue weighted by molar-refractivity contribution is 0.390. The maximum atomic E-state index is 11.1. The van der Waals surface area contributed by atoms with Crippen molar-refractivity contribution in [1.29, 1.82) is 0 Å². The van der Waals surface area contributed by atoms with Gasteiger partial charge in [0.25, 0.3) is 0 Å². The topological polar surface area (TPSA) is 65.2 Å². The van der Waals surface area contributed by atoms with Gasteiger partial charge in [-0.05, 0) is 52.3 Å². The lowest BCUT2D eigenvalue weighted by Gasteiger charge is -2.28. The number of aliphatic imine (C=N–C) groups is 2. The van der Waals surface area contributed by atoms with Gasteiger partial charge in [0.2, 0.25) is 0 Å². The molecule has 1 aliphatic rings. The molecule has 0 saturated heterocycles. The number of benzene rings is 2. The zero-order chi connectivity index (χ0) is 26.9. The quantitative estimate of drug-likeness (QED) is 0.429. The van der Waals surface area contributed by atoms with E-state index in [0.29, 0.717) is 11.5 Å². The fourth-order valence-corrected chi connectivity index (χ4v) is 4.82. The fraction of sp³-hybridized carbons (Fsp3) is 0.562. The number of hydrogen-bond acceptors (Lipinski definition) is 4. The molecule has 0 radical (unpaired) electrons. The molecule has 1 fully saturated rings. The van der Waals surface area contributed by atoms with Crippen LogP contribution in [0, 0.1) is 0 Å². The van der Waals surface area contributed by atoms with Gasteiger partial charge in [0.05, 0.1) is 12.1 Å². The summed E-state index contributed by atoms with van der Waals surface area (Å²) in [6.07, 6.45) is 7.87. The molecular formula is C32H46N2O2. The van der Waals surface area contributed by atoms with E-state index in [-0.39, 0.29) is 28.3 Å². The highest BCUT2D eigenvalue weighted by atomic mass is 16.3. The van der Waals surface area contributed by atoms with Crippen LogP contribution >= 0.6 is 0 Å². The second-order valence-electron chi connectivity index (χ2n) is 13.4. The van der Waals surface area contributed by atoms with E-state index in [9.17, 15) is 10.2 Å². The van der Waals surface area contributed by atoms with Gasteiger partial charge in [-0.1, -0.05) is 93.4 Å². The zero-order valence-corrected chi connectivity index (χ0v) is 23.8. The van der Waals surface area contributed by atoms with E-state index in [1.54, 1.807) is 0 Å². The largest absolute Gasteiger partial charge is 0.507 e. The number of nitrogens with zero attached hydrogens (tertiary/aromatic N) is 2. The van der Waals surface area contributed by atoms with E-state index < -0.39 is 0 Å². The number of rotatable bonds is 4. The van der Waals surface area contributed by atoms with Gasteiger partial charge < -0.3 is 10.2 Å². The molecule has 196 valence electrons. The molecule has 0 amide bonds. The summed E-state index contributed by atoms with van der Waals surface area (Å²) < 4.78 is 0. The highest BCUT2D eigenvalue weighted by molar-refractivity contribution is 5.86. The first-order chi connectivity index (χ1) is 16.6. The predicted molar refractivity (Wildman–Crippen MR) is 154 cm³/mol. The molecule has 4 nitrogen and oxygen atoms in total. The molecule has 36 heavy (non-hydrogen) atoms. The van der Waals surface area contributed by atoms with Gasteiger partial charge in [0.1, 0.15) is 11.5 Å². The summed E-state index contributed by atoms with van der Waals surface area (Å²) in [5.74, 6) is 0.627. The number of para-hydroxylation sites is 1. The van der Waals surface area contributed by atoms with Crippen LogP contribution in [0.1, 0.15) is 116 Å². The fourth-order valence-electron chi connectivity index (χ4n) is 4.82. The lowest BCUT2D eigenvalue weighted by Crippen LogP contribution is -2.27. The minimum absolute atomic E-state index is 0.0302. The third-order valence-corrected chi connectivity index (χ3v) is 7.19. The molecule has 0 heterocycles. The molecular weight excluding hydrogens is 444 g/mol. The highest BCUT2D eigenvalue weighted by Crippen LogP contribution is 2.37. The van der Waals surface area contributed by atoms with Crippen molar-refractivity contribution in [2.24, 2.45) is 9.98 Å². The molecule has 0 spiro atoms. The average Bonchev–Trinajstić information content (AvgIpc) is 2.76. The van der Waals surface area contributed by atoms with Crippen LogP contribution in [0.25, 0.3) is 0 Å². The minimum atomic E-state index is -0.171. The summed E-state index contributed by atoms with van der Waals surface area (Å²) in [6, 6.07) is 10.2. The number of phenolic OH excluding ortho intramolecular Hbond substituents is 2. The Hall–Kier alpha value is -2.62. The van der Waals surface area contributed by atoms with Crippen LogP contribution in [0.4, 0.5) is 0 Å². The Morgan fingerprint density at radius 1 is 0.667 bits per heavy atom. The molecule has 3 rings (SSSR count). The Labute approximate surface area is 218 Å². The molecule has 2 aromatic rings. The predicted octanol–water partition coefficient (Wildman–Crippen LogP) is 7.84. The standard InChI is InChI=1S/C32H46N2O2/c1-30(2,3)23-17-22(29(36)25(18-23)32(7,8)9)20-34-27-16-11-10-15-26(27)33-19-21-13-12-14-24(28(21)35)31(4,5)6/h12-14,17-20,26-27,35-36H,10-11,15-16H2,1-9H3. The van der Waals surface area contributed by atoms with Crippen molar-refractivity contribution < 1.29 is 10.2 Å². The number of hydrogen-bond donors (Lipinski definition) is 2. The first-order valence-corrected chi connectivity index (χ1v) is 13.4. The summed E-state index contributed by atoms with van der Waals surface area (Å²) in [4.78, 5) is 9.88. The van der Waals surface area contributed by atoms with E-state index in [1.807, 2.05) is 30.6 Å². The van der Waals surface area contributed by atoms with Crippen LogP contribution in [0.2, 0.25) is 0 Å². The molecule has 0 aromatic heterocycles. The van der Waals surface area contributed by atoms with Gasteiger partial charge in [-0.15, -0.1) is 0 Å². The first kappa shape index (κ1) is 28.0.